The van der Waals surface area contributed by atoms with Crippen LogP contribution in [0.4, 0.5) is 4.39 Å². The summed E-state index contributed by atoms with van der Waals surface area (Å²) in [5, 5.41) is 0.148. The van der Waals surface area contributed by atoms with E-state index in [1.54, 1.807) is 18.2 Å². The van der Waals surface area contributed by atoms with Crippen LogP contribution in [-0.2, 0) is 11.2 Å². The van der Waals surface area contributed by atoms with Gasteiger partial charge in [0.2, 0.25) is 0 Å². The van der Waals surface area contributed by atoms with Gasteiger partial charge in [-0.3, -0.25) is 11.3 Å². The van der Waals surface area contributed by atoms with Gasteiger partial charge in [0.15, 0.2) is 0 Å². The third-order valence-corrected chi connectivity index (χ3v) is 4.47. The van der Waals surface area contributed by atoms with Crippen LogP contribution in [0.2, 0.25) is 5.02 Å². The number of benzene rings is 1. The predicted octanol–water partition coefficient (Wildman–Crippen LogP) is 3.20. The molecule has 112 valence electrons. The number of hydrogen-bond donors (Lipinski definition) is 2. The topological polar surface area (TPSA) is 47.3 Å². The van der Waals surface area contributed by atoms with Crippen molar-refractivity contribution in [3.8, 4) is 0 Å². The van der Waals surface area contributed by atoms with Crippen molar-refractivity contribution in [3.05, 3.63) is 34.6 Å². The zero-order valence-electron chi connectivity index (χ0n) is 11.8. The van der Waals surface area contributed by atoms with E-state index in [2.05, 4.69) is 5.43 Å². The average molecular weight is 301 g/mol. The first-order chi connectivity index (χ1) is 9.63. The van der Waals surface area contributed by atoms with Gasteiger partial charge >= 0.3 is 0 Å². The lowest BCUT2D eigenvalue weighted by atomic mass is 9.87. The molecule has 0 saturated heterocycles. The van der Waals surface area contributed by atoms with Crippen LogP contribution in [-0.4, -0.2) is 18.2 Å². The number of hydrogen-bond acceptors (Lipinski definition) is 3. The molecule has 0 radical (unpaired) electrons. The molecule has 0 aliphatic heterocycles. The molecule has 3 nitrogen and oxygen atoms in total. The van der Waals surface area contributed by atoms with Gasteiger partial charge in [0.1, 0.15) is 5.82 Å². The normalized spacial score (nSPS) is 19.2. The van der Waals surface area contributed by atoms with E-state index < -0.39 is 0 Å². The van der Waals surface area contributed by atoms with Crippen LogP contribution in [0.3, 0.4) is 0 Å². The van der Waals surface area contributed by atoms with Gasteiger partial charge in [0.05, 0.1) is 16.7 Å². The highest BCUT2D eigenvalue weighted by Crippen LogP contribution is 2.37. The summed E-state index contributed by atoms with van der Waals surface area (Å²) in [5.74, 6) is 5.36. The Morgan fingerprint density at radius 3 is 2.75 bits per heavy atom. The third-order valence-electron chi connectivity index (χ3n) is 4.17. The van der Waals surface area contributed by atoms with Gasteiger partial charge < -0.3 is 4.74 Å². The van der Waals surface area contributed by atoms with Crippen LogP contribution in [0.1, 0.15) is 38.2 Å². The number of rotatable bonds is 6. The SMILES string of the molecule is CCOC1(C(Cc2cccc(Cl)c2F)NN)CCCC1. The highest BCUT2D eigenvalue weighted by molar-refractivity contribution is 6.30. The molecule has 2 rings (SSSR count). The average Bonchev–Trinajstić information content (AvgIpc) is 2.90. The molecule has 1 aromatic carbocycles. The highest BCUT2D eigenvalue weighted by atomic mass is 35.5. The molecule has 5 heteroatoms. The fraction of sp³-hybridized carbons (Fsp3) is 0.600. The molecule has 1 aliphatic carbocycles. The van der Waals surface area contributed by atoms with Crippen molar-refractivity contribution in [2.24, 2.45) is 5.84 Å². The fourth-order valence-corrected chi connectivity index (χ4v) is 3.37. The lowest BCUT2D eigenvalue weighted by Gasteiger charge is -2.37. The largest absolute Gasteiger partial charge is 0.374 e. The van der Waals surface area contributed by atoms with Crippen molar-refractivity contribution in [2.45, 2.75) is 50.7 Å². The van der Waals surface area contributed by atoms with Gasteiger partial charge in [-0.05, 0) is 37.8 Å². The Balaban J connectivity index is 2.21. The van der Waals surface area contributed by atoms with Crippen LogP contribution in [0, 0.1) is 5.82 Å². The number of halogens is 2. The molecule has 1 atom stereocenters. The number of hydrazine groups is 1. The van der Waals surface area contributed by atoms with E-state index in [0.717, 1.165) is 25.7 Å². The minimum atomic E-state index is -0.362. The summed E-state index contributed by atoms with van der Waals surface area (Å²) in [5.41, 5.74) is 3.11. The number of nitrogens with one attached hydrogen (secondary N) is 1. The quantitative estimate of drug-likeness (QED) is 0.626. The van der Waals surface area contributed by atoms with E-state index in [9.17, 15) is 4.39 Å². The Bertz CT molecular complexity index is 449. The second kappa shape index (κ2) is 6.85. The zero-order valence-corrected chi connectivity index (χ0v) is 12.5. The molecule has 1 unspecified atom stereocenters. The van der Waals surface area contributed by atoms with Crippen molar-refractivity contribution in [2.75, 3.05) is 6.61 Å². The van der Waals surface area contributed by atoms with Gasteiger partial charge in [-0.2, -0.15) is 0 Å². The molecule has 1 saturated carbocycles. The lowest BCUT2D eigenvalue weighted by molar-refractivity contribution is -0.0614. The van der Waals surface area contributed by atoms with Crippen molar-refractivity contribution in [1.82, 2.24) is 5.43 Å². The molecule has 1 fully saturated rings. The fourth-order valence-electron chi connectivity index (χ4n) is 3.18. The van der Waals surface area contributed by atoms with Crippen LogP contribution in [0.25, 0.3) is 0 Å². The predicted molar refractivity (Wildman–Crippen MR) is 79.1 cm³/mol. The highest BCUT2D eigenvalue weighted by Gasteiger charge is 2.42. The first-order valence-electron chi connectivity index (χ1n) is 7.16. The molecule has 3 N–H and O–H groups in total. The van der Waals surface area contributed by atoms with Crippen LogP contribution < -0.4 is 11.3 Å². The van der Waals surface area contributed by atoms with E-state index in [4.69, 9.17) is 22.2 Å². The van der Waals surface area contributed by atoms with E-state index in [1.807, 2.05) is 6.92 Å². The van der Waals surface area contributed by atoms with Crippen LogP contribution in [0.15, 0.2) is 18.2 Å². The van der Waals surface area contributed by atoms with Gasteiger partial charge in [0.25, 0.3) is 0 Å². The minimum Gasteiger partial charge on any atom is -0.374 e. The van der Waals surface area contributed by atoms with Crippen LogP contribution >= 0.6 is 11.6 Å². The Hall–Kier alpha value is -0.680. The Labute approximate surface area is 124 Å². The maximum Gasteiger partial charge on any atom is 0.145 e. The van der Waals surface area contributed by atoms with Gasteiger partial charge in [-0.25, -0.2) is 4.39 Å². The molecule has 1 aromatic rings. The molecular formula is C15H22ClFN2O. The Morgan fingerprint density at radius 2 is 2.15 bits per heavy atom. The summed E-state index contributed by atoms with van der Waals surface area (Å²) in [4.78, 5) is 0. The lowest BCUT2D eigenvalue weighted by Crippen LogP contribution is -2.54. The molecule has 0 spiro atoms. The van der Waals surface area contributed by atoms with Crippen molar-refractivity contribution >= 4 is 11.6 Å². The van der Waals surface area contributed by atoms with Gasteiger partial charge in [-0.15, -0.1) is 0 Å². The molecule has 1 aliphatic rings. The van der Waals surface area contributed by atoms with Crippen molar-refractivity contribution in [3.63, 3.8) is 0 Å². The Morgan fingerprint density at radius 1 is 1.45 bits per heavy atom. The Kier molecular flexibility index (Phi) is 5.38. The maximum atomic E-state index is 14.1. The number of ether oxygens (including phenoxy) is 1. The molecule has 0 bridgehead atoms. The second-order valence-corrected chi connectivity index (χ2v) is 5.75. The minimum absolute atomic E-state index is 0.113. The molecule has 0 heterocycles. The number of nitrogens with two attached hydrogens (primary N) is 1. The van der Waals surface area contributed by atoms with E-state index >= 15 is 0 Å². The standard InChI is InChI=1S/C15H22ClFN2O/c1-2-20-15(8-3-4-9-15)13(19-18)10-11-6-5-7-12(16)14(11)17/h5-7,13,19H,2-4,8-10,18H2,1H3. The maximum absolute atomic E-state index is 14.1. The van der Waals surface area contributed by atoms with Gasteiger partial charge in [0, 0.05) is 6.61 Å². The summed E-state index contributed by atoms with van der Waals surface area (Å²) in [7, 11) is 0. The molecular weight excluding hydrogens is 279 g/mol. The monoisotopic (exact) mass is 300 g/mol. The summed E-state index contributed by atoms with van der Waals surface area (Å²) >= 11 is 5.84. The van der Waals surface area contributed by atoms with E-state index in [1.165, 1.54) is 0 Å². The summed E-state index contributed by atoms with van der Waals surface area (Å²) in [6.45, 7) is 2.61. The molecule has 0 aromatic heterocycles. The van der Waals surface area contributed by atoms with Crippen molar-refractivity contribution in [1.29, 1.82) is 0 Å². The van der Waals surface area contributed by atoms with Crippen LogP contribution in [0.5, 0.6) is 0 Å². The smallest absolute Gasteiger partial charge is 0.145 e. The van der Waals surface area contributed by atoms with E-state index in [-0.39, 0.29) is 22.5 Å². The summed E-state index contributed by atoms with van der Waals surface area (Å²) in [6.07, 6.45) is 4.63. The summed E-state index contributed by atoms with van der Waals surface area (Å²) < 4.78 is 20.0. The molecule has 0 amide bonds. The first kappa shape index (κ1) is 15.7. The summed E-state index contributed by atoms with van der Waals surface area (Å²) in [6, 6.07) is 4.95. The van der Waals surface area contributed by atoms with Crippen molar-refractivity contribution < 1.29 is 9.13 Å². The van der Waals surface area contributed by atoms with E-state index in [0.29, 0.717) is 18.6 Å². The third kappa shape index (κ3) is 3.14. The van der Waals surface area contributed by atoms with Gasteiger partial charge in [-0.1, -0.05) is 36.6 Å². The second-order valence-electron chi connectivity index (χ2n) is 5.34. The zero-order chi connectivity index (χ0) is 14.6. The molecule has 20 heavy (non-hydrogen) atoms. The first-order valence-corrected chi connectivity index (χ1v) is 7.53.